The lowest BCUT2D eigenvalue weighted by molar-refractivity contribution is 0.629. The van der Waals surface area contributed by atoms with Crippen LogP contribution in [-0.4, -0.2) is 5.38 Å². The largest absolute Gasteiger partial charge is 0.122 e. The van der Waals surface area contributed by atoms with Crippen LogP contribution in [0.15, 0.2) is 59.1 Å². The lowest BCUT2D eigenvalue weighted by atomic mass is 9.89. The molecule has 1 aliphatic carbocycles. The number of benzene rings is 2. The van der Waals surface area contributed by atoms with E-state index >= 15 is 0 Å². The molecule has 0 saturated heterocycles. The second-order valence-corrected chi connectivity index (χ2v) is 6.77. The lowest BCUT2D eigenvalue weighted by Gasteiger charge is -2.22. The zero-order chi connectivity index (χ0) is 13.3. The van der Waals surface area contributed by atoms with Crippen LogP contribution in [0.5, 0.6) is 0 Å². The van der Waals surface area contributed by atoms with E-state index in [4.69, 9.17) is 11.6 Å². The summed E-state index contributed by atoms with van der Waals surface area (Å²) in [5, 5.41) is 0.171. The number of hydrogen-bond acceptors (Lipinski definition) is 0. The molecule has 0 heterocycles. The molecular weight excluding hydrogens is 320 g/mol. The third-order valence-electron chi connectivity index (χ3n) is 4.04. The van der Waals surface area contributed by atoms with Crippen LogP contribution in [0.1, 0.15) is 24.0 Å². The van der Waals surface area contributed by atoms with Gasteiger partial charge in [0.2, 0.25) is 0 Å². The van der Waals surface area contributed by atoms with Gasteiger partial charge in [-0.05, 0) is 42.5 Å². The van der Waals surface area contributed by atoms with E-state index in [1.165, 1.54) is 24.0 Å². The minimum absolute atomic E-state index is 0.171. The summed E-state index contributed by atoms with van der Waals surface area (Å²) in [6, 6.07) is 19.2. The minimum atomic E-state index is 0.171. The van der Waals surface area contributed by atoms with E-state index in [-0.39, 0.29) is 10.8 Å². The van der Waals surface area contributed by atoms with Gasteiger partial charge in [0.1, 0.15) is 0 Å². The number of rotatable bonds is 4. The SMILES string of the molecule is ClC(Cc1cccc(Br)c1)C1(c2ccccc2)CC1. The number of alkyl halides is 1. The summed E-state index contributed by atoms with van der Waals surface area (Å²) in [4.78, 5) is 0. The van der Waals surface area contributed by atoms with E-state index in [1.54, 1.807) is 0 Å². The average molecular weight is 336 g/mol. The van der Waals surface area contributed by atoms with Gasteiger partial charge >= 0.3 is 0 Å². The molecule has 0 aliphatic heterocycles. The fourth-order valence-corrected chi connectivity index (χ4v) is 3.72. The van der Waals surface area contributed by atoms with Crippen molar-refractivity contribution in [1.82, 2.24) is 0 Å². The Balaban J connectivity index is 1.79. The molecule has 1 unspecified atom stereocenters. The maximum absolute atomic E-state index is 6.74. The van der Waals surface area contributed by atoms with E-state index in [1.807, 2.05) is 0 Å². The summed E-state index contributed by atoms with van der Waals surface area (Å²) in [5.41, 5.74) is 2.90. The molecule has 0 amide bonds. The van der Waals surface area contributed by atoms with Crippen molar-refractivity contribution in [1.29, 1.82) is 0 Å². The Labute approximate surface area is 127 Å². The molecule has 0 spiro atoms. The Kier molecular flexibility index (Phi) is 3.68. The Bertz CT molecular complexity index is 560. The smallest absolute Gasteiger partial charge is 0.0473 e. The Morgan fingerprint density at radius 2 is 1.79 bits per heavy atom. The third kappa shape index (κ3) is 2.73. The molecule has 0 radical (unpaired) electrons. The van der Waals surface area contributed by atoms with Gasteiger partial charge in [-0.2, -0.15) is 0 Å². The predicted molar refractivity (Wildman–Crippen MR) is 84.8 cm³/mol. The average Bonchev–Trinajstić information content (AvgIpc) is 3.21. The van der Waals surface area contributed by atoms with Crippen molar-refractivity contribution in [3.8, 4) is 0 Å². The van der Waals surface area contributed by atoms with Gasteiger partial charge in [-0.1, -0.05) is 58.4 Å². The van der Waals surface area contributed by atoms with Crippen LogP contribution < -0.4 is 0 Å². The van der Waals surface area contributed by atoms with E-state index < -0.39 is 0 Å². The summed E-state index contributed by atoms with van der Waals surface area (Å²) in [5.74, 6) is 0. The molecule has 2 aromatic carbocycles. The van der Waals surface area contributed by atoms with Crippen LogP contribution in [0.2, 0.25) is 0 Å². The van der Waals surface area contributed by atoms with Gasteiger partial charge in [-0.15, -0.1) is 11.6 Å². The van der Waals surface area contributed by atoms with Gasteiger partial charge in [0, 0.05) is 15.3 Å². The predicted octanol–water partition coefficient (Wildman–Crippen LogP) is 5.33. The molecular formula is C17H16BrCl. The molecule has 2 heteroatoms. The van der Waals surface area contributed by atoms with Crippen LogP contribution in [0, 0.1) is 0 Å². The van der Waals surface area contributed by atoms with Crippen LogP contribution in [0.3, 0.4) is 0 Å². The first-order chi connectivity index (χ1) is 9.21. The highest BCUT2D eigenvalue weighted by molar-refractivity contribution is 9.10. The molecule has 0 nitrogen and oxygen atoms in total. The highest BCUT2D eigenvalue weighted by atomic mass is 79.9. The molecule has 98 valence electrons. The zero-order valence-corrected chi connectivity index (χ0v) is 13.0. The molecule has 2 aromatic rings. The first-order valence-electron chi connectivity index (χ1n) is 6.65. The van der Waals surface area contributed by atoms with Crippen molar-refractivity contribution in [2.75, 3.05) is 0 Å². The van der Waals surface area contributed by atoms with Gasteiger partial charge in [-0.3, -0.25) is 0 Å². The second kappa shape index (κ2) is 5.30. The summed E-state index contributed by atoms with van der Waals surface area (Å²) in [6.45, 7) is 0. The van der Waals surface area contributed by atoms with Gasteiger partial charge < -0.3 is 0 Å². The van der Waals surface area contributed by atoms with Gasteiger partial charge in [0.05, 0.1) is 0 Å². The van der Waals surface area contributed by atoms with Gasteiger partial charge in [-0.25, -0.2) is 0 Å². The molecule has 3 rings (SSSR count). The monoisotopic (exact) mass is 334 g/mol. The lowest BCUT2D eigenvalue weighted by Crippen LogP contribution is -2.23. The fraction of sp³-hybridized carbons (Fsp3) is 0.294. The topological polar surface area (TPSA) is 0 Å². The first-order valence-corrected chi connectivity index (χ1v) is 7.88. The number of hydrogen-bond donors (Lipinski definition) is 0. The van der Waals surface area contributed by atoms with E-state index in [2.05, 4.69) is 70.5 Å². The van der Waals surface area contributed by atoms with Gasteiger partial charge in [0.15, 0.2) is 0 Å². The summed E-state index contributed by atoms with van der Waals surface area (Å²) in [7, 11) is 0. The maximum Gasteiger partial charge on any atom is 0.0473 e. The molecule has 0 aromatic heterocycles. The van der Waals surface area contributed by atoms with Crippen molar-refractivity contribution < 1.29 is 0 Å². The summed E-state index contributed by atoms with van der Waals surface area (Å²) < 4.78 is 1.12. The van der Waals surface area contributed by atoms with E-state index in [9.17, 15) is 0 Å². The van der Waals surface area contributed by atoms with Crippen LogP contribution in [0.4, 0.5) is 0 Å². The quantitative estimate of drug-likeness (QED) is 0.662. The normalized spacial score (nSPS) is 18.0. The van der Waals surface area contributed by atoms with Gasteiger partial charge in [0.25, 0.3) is 0 Å². The fourth-order valence-electron chi connectivity index (χ4n) is 2.75. The highest BCUT2D eigenvalue weighted by Crippen LogP contribution is 2.53. The Morgan fingerprint density at radius 3 is 2.42 bits per heavy atom. The molecule has 1 saturated carbocycles. The van der Waals surface area contributed by atoms with Crippen LogP contribution >= 0.6 is 27.5 Å². The van der Waals surface area contributed by atoms with Crippen LogP contribution in [0.25, 0.3) is 0 Å². The Hall–Kier alpha value is -0.790. The molecule has 0 N–H and O–H groups in total. The minimum Gasteiger partial charge on any atom is -0.122 e. The highest BCUT2D eigenvalue weighted by Gasteiger charge is 2.49. The van der Waals surface area contributed by atoms with Crippen molar-refractivity contribution >= 4 is 27.5 Å². The molecule has 0 bridgehead atoms. The Morgan fingerprint density at radius 1 is 1.05 bits per heavy atom. The third-order valence-corrected chi connectivity index (χ3v) is 5.11. The van der Waals surface area contributed by atoms with Crippen molar-refractivity contribution in [3.05, 3.63) is 70.2 Å². The van der Waals surface area contributed by atoms with Crippen LogP contribution in [-0.2, 0) is 11.8 Å². The summed E-state index contributed by atoms with van der Waals surface area (Å²) in [6.07, 6.45) is 3.34. The molecule has 1 fully saturated rings. The number of halogens is 2. The second-order valence-electron chi connectivity index (χ2n) is 5.32. The van der Waals surface area contributed by atoms with E-state index in [0.717, 1.165) is 10.9 Å². The summed E-state index contributed by atoms with van der Waals surface area (Å²) >= 11 is 10.3. The first kappa shape index (κ1) is 13.2. The van der Waals surface area contributed by atoms with Crippen molar-refractivity contribution in [2.24, 2.45) is 0 Å². The van der Waals surface area contributed by atoms with Crippen molar-refractivity contribution in [2.45, 2.75) is 30.1 Å². The van der Waals surface area contributed by atoms with Crippen molar-refractivity contribution in [3.63, 3.8) is 0 Å². The molecule has 1 atom stereocenters. The van der Waals surface area contributed by atoms with E-state index in [0.29, 0.717) is 0 Å². The molecule has 19 heavy (non-hydrogen) atoms. The maximum atomic E-state index is 6.74. The zero-order valence-electron chi connectivity index (χ0n) is 10.7. The standard InChI is InChI=1S/C17H16BrCl/c18-15-8-4-5-13(11-15)12-16(19)17(9-10-17)14-6-2-1-3-7-14/h1-8,11,16H,9-10,12H2. The molecule has 1 aliphatic rings.